The van der Waals surface area contributed by atoms with Crippen LogP contribution < -0.4 is 14.8 Å². The van der Waals surface area contributed by atoms with E-state index in [1.54, 1.807) is 48.2 Å². The lowest BCUT2D eigenvalue weighted by Gasteiger charge is -2.30. The molecule has 1 amide bonds. The number of rotatable bonds is 9. The molecule has 39 heavy (non-hydrogen) atoms. The van der Waals surface area contributed by atoms with Crippen LogP contribution in [0.15, 0.2) is 81.4 Å². The Morgan fingerprint density at radius 2 is 1.54 bits per heavy atom. The van der Waals surface area contributed by atoms with E-state index in [0.29, 0.717) is 30.0 Å². The molecule has 3 aromatic rings. The largest absolute Gasteiger partial charge is 0.495 e. The number of benzene rings is 3. The Labute approximate surface area is 234 Å². The number of thioether (sulfide) groups is 1. The summed E-state index contributed by atoms with van der Waals surface area (Å²) in [6.45, 7) is 2.34. The highest BCUT2D eigenvalue weighted by Gasteiger charge is 2.32. The minimum atomic E-state index is -3.88. The predicted octanol–water partition coefficient (Wildman–Crippen LogP) is 4.57. The fourth-order valence-electron chi connectivity index (χ4n) is 4.32. The molecule has 0 atom stereocenters. The number of aryl methyl sites for hydroxylation is 1. The summed E-state index contributed by atoms with van der Waals surface area (Å²) in [5.41, 5.74) is 1.66. The first-order chi connectivity index (χ1) is 18.5. The highest BCUT2D eigenvalue weighted by molar-refractivity contribution is 7.98. The van der Waals surface area contributed by atoms with Gasteiger partial charge < -0.3 is 10.1 Å². The van der Waals surface area contributed by atoms with Gasteiger partial charge in [-0.3, -0.25) is 9.52 Å². The van der Waals surface area contributed by atoms with Crippen molar-refractivity contribution < 1.29 is 26.4 Å². The standard InChI is InChI=1S/C27H31N3O6S3/c1-19-4-13-26(36-2)25(18-19)29-38(32,33)23-9-5-21(6-10-23)28-27(31)20-14-16-30(17-15-20)39(34,35)24-11-7-22(37-3)8-12-24/h4-13,18,20,29H,14-17H2,1-3H3,(H,28,31). The smallest absolute Gasteiger partial charge is 0.262 e. The number of carbonyl (C=O) groups is 1. The van der Waals surface area contributed by atoms with Crippen LogP contribution >= 0.6 is 11.8 Å². The van der Waals surface area contributed by atoms with E-state index in [0.717, 1.165) is 10.5 Å². The zero-order valence-electron chi connectivity index (χ0n) is 21.9. The molecule has 1 aliphatic rings. The number of sulfonamides is 2. The van der Waals surface area contributed by atoms with Crippen LogP contribution in [0.4, 0.5) is 11.4 Å². The van der Waals surface area contributed by atoms with Crippen LogP contribution in [0.1, 0.15) is 18.4 Å². The van der Waals surface area contributed by atoms with Gasteiger partial charge in [-0.15, -0.1) is 11.8 Å². The van der Waals surface area contributed by atoms with Gasteiger partial charge in [0.1, 0.15) is 5.75 Å². The Bertz CT molecular complexity index is 1530. The van der Waals surface area contributed by atoms with Gasteiger partial charge in [0.15, 0.2) is 0 Å². The lowest BCUT2D eigenvalue weighted by Crippen LogP contribution is -2.41. The van der Waals surface area contributed by atoms with Gasteiger partial charge in [0.05, 0.1) is 22.6 Å². The van der Waals surface area contributed by atoms with Crippen LogP contribution in [0.25, 0.3) is 0 Å². The Hall–Kier alpha value is -3.06. The Balaban J connectivity index is 1.35. The van der Waals surface area contributed by atoms with Crippen molar-refractivity contribution in [1.82, 2.24) is 4.31 Å². The van der Waals surface area contributed by atoms with E-state index >= 15 is 0 Å². The van der Waals surface area contributed by atoms with Gasteiger partial charge in [-0.1, -0.05) is 6.07 Å². The summed E-state index contributed by atoms with van der Waals surface area (Å²) >= 11 is 1.54. The third kappa shape index (κ3) is 6.75. The maximum absolute atomic E-state index is 13.0. The number of carbonyl (C=O) groups excluding carboxylic acids is 1. The molecule has 208 valence electrons. The molecule has 0 unspecified atom stereocenters. The molecule has 4 rings (SSSR count). The maximum atomic E-state index is 13.0. The predicted molar refractivity (Wildman–Crippen MR) is 153 cm³/mol. The van der Waals surface area contributed by atoms with Crippen molar-refractivity contribution in [2.75, 3.05) is 36.5 Å². The van der Waals surface area contributed by atoms with Crippen molar-refractivity contribution in [1.29, 1.82) is 0 Å². The first-order valence-electron chi connectivity index (χ1n) is 12.3. The van der Waals surface area contributed by atoms with Crippen molar-refractivity contribution >= 4 is 49.1 Å². The summed E-state index contributed by atoms with van der Waals surface area (Å²) in [4.78, 5) is 14.1. The van der Waals surface area contributed by atoms with E-state index in [-0.39, 0.29) is 34.7 Å². The molecule has 12 heteroatoms. The van der Waals surface area contributed by atoms with E-state index in [1.807, 2.05) is 19.2 Å². The van der Waals surface area contributed by atoms with Crippen LogP contribution in [-0.4, -0.2) is 53.5 Å². The van der Waals surface area contributed by atoms with Gasteiger partial charge >= 0.3 is 0 Å². The third-order valence-corrected chi connectivity index (χ3v) is 10.6. The zero-order chi connectivity index (χ0) is 28.2. The molecule has 2 N–H and O–H groups in total. The van der Waals surface area contributed by atoms with Crippen LogP contribution in [0.2, 0.25) is 0 Å². The molecule has 0 saturated carbocycles. The quantitative estimate of drug-likeness (QED) is 0.351. The van der Waals surface area contributed by atoms with E-state index in [4.69, 9.17) is 4.74 Å². The number of hydrogen-bond acceptors (Lipinski definition) is 7. The average molecular weight is 590 g/mol. The molecule has 1 aliphatic heterocycles. The Morgan fingerprint density at radius 1 is 0.923 bits per heavy atom. The van der Waals surface area contributed by atoms with Gasteiger partial charge in [0.2, 0.25) is 15.9 Å². The molecule has 9 nitrogen and oxygen atoms in total. The van der Waals surface area contributed by atoms with Crippen LogP contribution in [0.5, 0.6) is 5.75 Å². The van der Waals surface area contributed by atoms with Crippen molar-refractivity contribution in [2.45, 2.75) is 34.5 Å². The third-order valence-electron chi connectivity index (χ3n) is 6.55. The summed E-state index contributed by atoms with van der Waals surface area (Å²) in [5, 5.41) is 2.82. The molecular formula is C27H31N3O6S3. The normalized spacial score (nSPS) is 15.1. The molecule has 0 bridgehead atoms. The van der Waals surface area contributed by atoms with Crippen LogP contribution in [0.3, 0.4) is 0 Å². The summed E-state index contributed by atoms with van der Waals surface area (Å²) in [7, 11) is -6.04. The first-order valence-corrected chi connectivity index (χ1v) is 16.4. The molecule has 0 aromatic heterocycles. The number of methoxy groups -OCH3 is 1. The minimum absolute atomic E-state index is 0.0353. The number of nitrogens with zero attached hydrogens (tertiary/aromatic N) is 1. The molecular weight excluding hydrogens is 559 g/mol. The zero-order valence-corrected chi connectivity index (χ0v) is 24.3. The van der Waals surface area contributed by atoms with Crippen molar-refractivity contribution in [2.24, 2.45) is 5.92 Å². The second-order valence-corrected chi connectivity index (χ2v) is 13.7. The van der Waals surface area contributed by atoms with E-state index in [2.05, 4.69) is 10.0 Å². The van der Waals surface area contributed by atoms with Crippen molar-refractivity contribution in [3.63, 3.8) is 0 Å². The topological polar surface area (TPSA) is 122 Å². The molecule has 0 radical (unpaired) electrons. The van der Waals surface area contributed by atoms with Gasteiger partial charge in [-0.05, 0) is 92.2 Å². The summed E-state index contributed by atoms with van der Waals surface area (Å²) in [5.74, 6) is -0.177. The number of nitrogens with one attached hydrogen (secondary N) is 2. The highest BCUT2D eigenvalue weighted by atomic mass is 32.2. The van der Waals surface area contributed by atoms with E-state index < -0.39 is 20.0 Å². The molecule has 1 heterocycles. The summed E-state index contributed by atoms with van der Waals surface area (Å²) in [6, 6.07) is 17.9. The second-order valence-electron chi connectivity index (χ2n) is 9.18. The average Bonchev–Trinajstić information content (AvgIpc) is 2.93. The lowest BCUT2D eigenvalue weighted by molar-refractivity contribution is -0.120. The van der Waals surface area contributed by atoms with Crippen molar-refractivity contribution in [3.05, 3.63) is 72.3 Å². The lowest BCUT2D eigenvalue weighted by atomic mass is 9.97. The van der Waals surface area contributed by atoms with E-state index in [9.17, 15) is 21.6 Å². The van der Waals surface area contributed by atoms with Gasteiger partial charge in [-0.25, -0.2) is 16.8 Å². The fraction of sp³-hybridized carbons (Fsp3) is 0.296. The van der Waals surface area contributed by atoms with E-state index in [1.165, 1.54) is 35.7 Å². The molecule has 1 saturated heterocycles. The Morgan fingerprint density at radius 3 is 2.13 bits per heavy atom. The number of amides is 1. The monoisotopic (exact) mass is 589 g/mol. The van der Waals surface area contributed by atoms with Gasteiger partial charge in [-0.2, -0.15) is 4.31 Å². The maximum Gasteiger partial charge on any atom is 0.262 e. The van der Waals surface area contributed by atoms with Crippen LogP contribution in [-0.2, 0) is 24.8 Å². The number of ether oxygens (including phenoxy) is 1. The second kappa shape index (κ2) is 12.0. The van der Waals surface area contributed by atoms with Crippen molar-refractivity contribution in [3.8, 4) is 5.75 Å². The highest BCUT2D eigenvalue weighted by Crippen LogP contribution is 2.29. The first kappa shape index (κ1) is 28.9. The summed E-state index contributed by atoms with van der Waals surface area (Å²) < 4.78 is 61.0. The summed E-state index contributed by atoms with van der Waals surface area (Å²) in [6.07, 6.45) is 2.71. The number of anilines is 2. The number of hydrogen-bond donors (Lipinski definition) is 2. The SMILES string of the molecule is COc1ccc(C)cc1NS(=O)(=O)c1ccc(NC(=O)C2CCN(S(=O)(=O)c3ccc(SC)cc3)CC2)cc1. The van der Waals surface area contributed by atoms with Gasteiger partial charge in [0, 0.05) is 29.6 Å². The minimum Gasteiger partial charge on any atom is -0.495 e. The van der Waals surface area contributed by atoms with Gasteiger partial charge in [0.25, 0.3) is 10.0 Å². The molecule has 1 fully saturated rings. The molecule has 3 aromatic carbocycles. The molecule has 0 spiro atoms. The Kier molecular flexibility index (Phi) is 8.90. The molecule has 0 aliphatic carbocycles. The van der Waals surface area contributed by atoms with Crippen LogP contribution in [0, 0.1) is 12.8 Å². The number of piperidine rings is 1. The fourth-order valence-corrected chi connectivity index (χ4v) is 7.26.